The van der Waals surface area contributed by atoms with Crippen LogP contribution in [0.4, 0.5) is 0 Å². The van der Waals surface area contributed by atoms with Crippen LogP contribution in [-0.4, -0.2) is 6.79 Å². The van der Waals surface area contributed by atoms with Crippen LogP contribution in [0.2, 0.25) is 5.02 Å². The van der Waals surface area contributed by atoms with E-state index >= 15 is 0 Å². The van der Waals surface area contributed by atoms with E-state index in [2.05, 4.69) is 0 Å². The van der Waals surface area contributed by atoms with Crippen molar-refractivity contribution in [1.82, 2.24) is 0 Å². The maximum absolute atomic E-state index is 6.16. The molecule has 1 aliphatic heterocycles. The zero-order chi connectivity index (χ0) is 10.4. The molecule has 0 unspecified atom stereocenters. The lowest BCUT2D eigenvalue weighted by Crippen LogP contribution is -2.12. The fourth-order valence-corrected chi connectivity index (χ4v) is 2.18. The molecule has 0 saturated heterocycles. The van der Waals surface area contributed by atoms with Crippen molar-refractivity contribution in [2.75, 3.05) is 6.79 Å². The number of hydrogen-bond acceptors (Lipinski definition) is 3. The van der Waals surface area contributed by atoms with Gasteiger partial charge in [0.1, 0.15) is 0 Å². The SMILES string of the molecule is Cl.N[C@H](c1cc2c(cc1Cl)OCO2)C1CC1. The van der Waals surface area contributed by atoms with Gasteiger partial charge in [-0.25, -0.2) is 0 Å². The summed E-state index contributed by atoms with van der Waals surface area (Å²) in [5.74, 6) is 2.06. The van der Waals surface area contributed by atoms with Crippen LogP contribution in [0, 0.1) is 5.92 Å². The van der Waals surface area contributed by atoms with Gasteiger partial charge in [-0.3, -0.25) is 0 Å². The molecule has 88 valence electrons. The number of benzene rings is 1. The minimum absolute atomic E-state index is 0. The van der Waals surface area contributed by atoms with Gasteiger partial charge in [-0.2, -0.15) is 0 Å². The molecule has 5 heteroatoms. The van der Waals surface area contributed by atoms with E-state index in [1.165, 1.54) is 12.8 Å². The third-order valence-electron chi connectivity index (χ3n) is 2.98. The van der Waals surface area contributed by atoms with Gasteiger partial charge in [-0.15, -0.1) is 12.4 Å². The summed E-state index contributed by atoms with van der Waals surface area (Å²) in [6, 6.07) is 3.74. The van der Waals surface area contributed by atoms with Crippen LogP contribution >= 0.6 is 24.0 Å². The molecule has 1 aromatic rings. The second-order valence-electron chi connectivity index (χ2n) is 4.09. The minimum atomic E-state index is 0. The Hall–Kier alpha value is -0.640. The summed E-state index contributed by atoms with van der Waals surface area (Å²) in [6.45, 7) is 0.272. The van der Waals surface area contributed by atoms with Crippen LogP contribution in [0.1, 0.15) is 24.4 Å². The molecular weight excluding hydrogens is 249 g/mol. The summed E-state index contributed by atoms with van der Waals surface area (Å²) in [4.78, 5) is 0. The molecule has 3 rings (SSSR count). The van der Waals surface area contributed by atoms with Crippen molar-refractivity contribution in [3.05, 3.63) is 22.7 Å². The topological polar surface area (TPSA) is 44.5 Å². The van der Waals surface area contributed by atoms with Crippen molar-refractivity contribution in [3.63, 3.8) is 0 Å². The normalized spacial score (nSPS) is 19.1. The van der Waals surface area contributed by atoms with Gasteiger partial charge in [0.2, 0.25) is 6.79 Å². The highest BCUT2D eigenvalue weighted by Crippen LogP contribution is 2.45. The monoisotopic (exact) mass is 261 g/mol. The van der Waals surface area contributed by atoms with Crippen molar-refractivity contribution in [3.8, 4) is 11.5 Å². The first-order valence-electron chi connectivity index (χ1n) is 5.10. The van der Waals surface area contributed by atoms with Crippen LogP contribution in [-0.2, 0) is 0 Å². The lowest BCUT2D eigenvalue weighted by molar-refractivity contribution is 0.174. The lowest BCUT2D eigenvalue weighted by atomic mass is 10.0. The maximum atomic E-state index is 6.16. The van der Waals surface area contributed by atoms with Gasteiger partial charge in [-0.05, 0) is 30.4 Å². The molecule has 2 aliphatic rings. The molecule has 1 aromatic carbocycles. The van der Waals surface area contributed by atoms with E-state index in [-0.39, 0.29) is 25.2 Å². The fourth-order valence-electron chi connectivity index (χ4n) is 1.90. The Morgan fingerprint density at radius 1 is 1.25 bits per heavy atom. The number of ether oxygens (including phenoxy) is 2. The third kappa shape index (κ3) is 1.95. The van der Waals surface area contributed by atoms with E-state index in [1.807, 2.05) is 6.07 Å². The van der Waals surface area contributed by atoms with Crippen molar-refractivity contribution < 1.29 is 9.47 Å². The molecule has 2 N–H and O–H groups in total. The standard InChI is InChI=1S/C11H12ClNO2.ClH/c12-8-4-10-9(14-5-15-10)3-7(8)11(13)6-1-2-6;/h3-4,6,11H,1-2,5,13H2;1H/t11-;/m0./s1. The van der Waals surface area contributed by atoms with Crippen LogP contribution < -0.4 is 15.2 Å². The smallest absolute Gasteiger partial charge is 0.231 e. The summed E-state index contributed by atoms with van der Waals surface area (Å²) >= 11 is 6.16. The highest BCUT2D eigenvalue weighted by molar-refractivity contribution is 6.31. The van der Waals surface area contributed by atoms with Crippen LogP contribution in [0.5, 0.6) is 11.5 Å². The predicted molar refractivity (Wildman–Crippen MR) is 64.5 cm³/mol. The zero-order valence-corrected chi connectivity index (χ0v) is 10.2. The quantitative estimate of drug-likeness (QED) is 0.891. The predicted octanol–water partition coefficient (Wildman–Crippen LogP) is 2.90. The molecule has 0 bridgehead atoms. The van der Waals surface area contributed by atoms with Crippen molar-refractivity contribution in [2.45, 2.75) is 18.9 Å². The van der Waals surface area contributed by atoms with Crippen molar-refractivity contribution >= 4 is 24.0 Å². The first-order valence-corrected chi connectivity index (χ1v) is 5.48. The molecule has 1 saturated carbocycles. The van der Waals surface area contributed by atoms with Crippen LogP contribution in [0.25, 0.3) is 0 Å². The van der Waals surface area contributed by atoms with Crippen molar-refractivity contribution in [2.24, 2.45) is 11.7 Å². The molecule has 0 aromatic heterocycles. The molecule has 0 radical (unpaired) electrons. The number of nitrogens with two attached hydrogens (primary N) is 1. The molecule has 0 spiro atoms. The van der Waals surface area contributed by atoms with Gasteiger partial charge in [-0.1, -0.05) is 11.6 Å². The van der Waals surface area contributed by atoms with E-state index in [0.29, 0.717) is 16.7 Å². The highest BCUT2D eigenvalue weighted by Gasteiger charge is 2.32. The Bertz CT molecular complexity index is 407. The Morgan fingerprint density at radius 2 is 1.88 bits per heavy atom. The average molecular weight is 262 g/mol. The molecule has 3 nitrogen and oxygen atoms in total. The van der Waals surface area contributed by atoms with E-state index in [1.54, 1.807) is 6.07 Å². The third-order valence-corrected chi connectivity index (χ3v) is 3.31. The summed E-state index contributed by atoms with van der Waals surface area (Å²) in [7, 11) is 0. The van der Waals surface area contributed by atoms with E-state index in [4.69, 9.17) is 26.8 Å². The number of rotatable bonds is 2. The number of hydrogen-bond donors (Lipinski definition) is 1. The van der Waals surface area contributed by atoms with E-state index < -0.39 is 0 Å². The molecule has 1 heterocycles. The van der Waals surface area contributed by atoms with Crippen molar-refractivity contribution in [1.29, 1.82) is 0 Å². The van der Waals surface area contributed by atoms with E-state index in [0.717, 1.165) is 11.3 Å². The minimum Gasteiger partial charge on any atom is -0.454 e. The van der Waals surface area contributed by atoms with Gasteiger partial charge >= 0.3 is 0 Å². The lowest BCUT2D eigenvalue weighted by Gasteiger charge is -2.13. The summed E-state index contributed by atoms with van der Waals surface area (Å²) in [5.41, 5.74) is 7.09. The highest BCUT2D eigenvalue weighted by atomic mass is 35.5. The van der Waals surface area contributed by atoms with Gasteiger partial charge in [0.15, 0.2) is 11.5 Å². The second-order valence-corrected chi connectivity index (χ2v) is 4.50. The van der Waals surface area contributed by atoms with Gasteiger partial charge in [0.05, 0.1) is 0 Å². The molecule has 16 heavy (non-hydrogen) atoms. The Labute approximate surface area is 105 Å². The summed E-state index contributed by atoms with van der Waals surface area (Å²) in [6.07, 6.45) is 2.40. The largest absolute Gasteiger partial charge is 0.454 e. The molecule has 1 atom stereocenters. The maximum Gasteiger partial charge on any atom is 0.231 e. The van der Waals surface area contributed by atoms with Gasteiger partial charge in [0.25, 0.3) is 0 Å². The van der Waals surface area contributed by atoms with Gasteiger partial charge in [0, 0.05) is 17.1 Å². The Balaban J connectivity index is 0.000000963. The van der Waals surface area contributed by atoms with Gasteiger partial charge < -0.3 is 15.2 Å². The summed E-state index contributed by atoms with van der Waals surface area (Å²) in [5, 5.41) is 0.679. The average Bonchev–Trinajstić information content (AvgIpc) is 2.97. The first-order chi connectivity index (χ1) is 7.25. The second kappa shape index (κ2) is 4.32. The molecule has 0 amide bonds. The zero-order valence-electron chi connectivity index (χ0n) is 8.61. The number of fused-ring (bicyclic) bond motifs is 1. The molecule has 1 aliphatic carbocycles. The molecule has 1 fully saturated rings. The molecular formula is C11H13Cl2NO2. The van der Waals surface area contributed by atoms with Crippen LogP contribution in [0.3, 0.4) is 0 Å². The summed E-state index contributed by atoms with van der Waals surface area (Å²) < 4.78 is 10.6. The fraction of sp³-hybridized carbons (Fsp3) is 0.455. The van der Waals surface area contributed by atoms with E-state index in [9.17, 15) is 0 Å². The van der Waals surface area contributed by atoms with Crippen LogP contribution in [0.15, 0.2) is 12.1 Å². The first kappa shape index (κ1) is 11.8. The Kier molecular flexibility index (Phi) is 3.19. The Morgan fingerprint density at radius 3 is 2.50 bits per heavy atom. The number of halogens is 2.